The number of nitrogens with zero attached hydrogens (tertiary/aromatic N) is 5. The Morgan fingerprint density at radius 1 is 0.914 bits per heavy atom. The third kappa shape index (κ3) is 7.40. The van der Waals surface area contributed by atoms with Crippen LogP contribution >= 0.6 is 11.6 Å². The summed E-state index contributed by atoms with van der Waals surface area (Å²) < 4.78 is 18.9. The van der Waals surface area contributed by atoms with E-state index < -0.39 is 0 Å². The minimum atomic E-state index is -0.228. The summed E-state index contributed by atoms with van der Waals surface area (Å²) in [5.41, 5.74) is 1.85. The summed E-state index contributed by atoms with van der Waals surface area (Å²) in [6.07, 6.45) is 1.05. The van der Waals surface area contributed by atoms with Crippen LogP contribution in [0.2, 0.25) is 5.02 Å². The summed E-state index contributed by atoms with van der Waals surface area (Å²) in [6, 6.07) is 14.0. The van der Waals surface area contributed by atoms with Gasteiger partial charge in [-0.1, -0.05) is 11.6 Å². The van der Waals surface area contributed by atoms with Crippen LogP contribution in [0.3, 0.4) is 0 Å². The van der Waals surface area contributed by atoms with Gasteiger partial charge in [0.25, 0.3) is 0 Å². The molecule has 2 aromatic carbocycles. The second-order valence-electron chi connectivity index (χ2n) is 8.56. The smallest absolute Gasteiger partial charge is 0.233 e. The van der Waals surface area contributed by atoms with E-state index in [9.17, 15) is 4.39 Å². The van der Waals surface area contributed by atoms with Gasteiger partial charge in [-0.3, -0.25) is 0 Å². The van der Waals surface area contributed by atoms with E-state index in [-0.39, 0.29) is 11.9 Å². The maximum atomic E-state index is 13.3. The minimum Gasteiger partial charge on any atom is -0.379 e. The van der Waals surface area contributed by atoms with Crippen molar-refractivity contribution < 1.29 is 9.13 Å². The SMILES string of the molecule is CC(C)OCCCNc1nc(Nc2ccc(Cl)cc2)nc(N2CCN(c3ccc(F)cc3)CC2)n1. The predicted molar refractivity (Wildman–Crippen MR) is 140 cm³/mol. The highest BCUT2D eigenvalue weighted by Gasteiger charge is 2.21. The van der Waals surface area contributed by atoms with Gasteiger partial charge in [-0.25, -0.2) is 4.39 Å². The maximum Gasteiger partial charge on any atom is 0.233 e. The molecule has 0 unspecified atom stereocenters. The predicted octanol–water partition coefficient (Wildman–Crippen LogP) is 4.96. The number of halogens is 2. The molecular weight excluding hydrogens is 469 g/mol. The number of benzene rings is 2. The monoisotopic (exact) mass is 499 g/mol. The number of ether oxygens (including phenoxy) is 1. The van der Waals surface area contributed by atoms with Crippen LogP contribution in [0.15, 0.2) is 48.5 Å². The van der Waals surface area contributed by atoms with Gasteiger partial charge in [-0.05, 0) is 68.8 Å². The summed E-state index contributed by atoms with van der Waals surface area (Å²) in [5, 5.41) is 7.21. The lowest BCUT2D eigenvalue weighted by atomic mass is 10.2. The summed E-state index contributed by atoms with van der Waals surface area (Å²) in [4.78, 5) is 18.3. The molecule has 186 valence electrons. The fourth-order valence-electron chi connectivity index (χ4n) is 3.71. The molecule has 0 radical (unpaired) electrons. The largest absolute Gasteiger partial charge is 0.379 e. The van der Waals surface area contributed by atoms with Gasteiger partial charge >= 0.3 is 0 Å². The number of nitrogens with one attached hydrogen (secondary N) is 2. The van der Waals surface area contributed by atoms with E-state index in [0.29, 0.717) is 36.0 Å². The van der Waals surface area contributed by atoms with E-state index in [1.807, 2.05) is 50.2 Å². The Morgan fingerprint density at radius 3 is 2.26 bits per heavy atom. The molecule has 1 aromatic heterocycles. The molecule has 8 nitrogen and oxygen atoms in total. The van der Waals surface area contributed by atoms with Crippen LogP contribution in [0.1, 0.15) is 20.3 Å². The van der Waals surface area contributed by atoms with Crippen LogP contribution in [0.25, 0.3) is 0 Å². The van der Waals surface area contributed by atoms with Gasteiger partial charge in [0.05, 0.1) is 6.10 Å². The molecule has 1 saturated heterocycles. The van der Waals surface area contributed by atoms with Crippen LogP contribution in [-0.4, -0.2) is 60.4 Å². The van der Waals surface area contributed by atoms with Gasteiger partial charge < -0.3 is 25.2 Å². The lowest BCUT2D eigenvalue weighted by molar-refractivity contribution is 0.0787. The lowest BCUT2D eigenvalue weighted by Gasteiger charge is -2.36. The highest BCUT2D eigenvalue weighted by atomic mass is 35.5. The second kappa shape index (κ2) is 12.0. The molecule has 4 rings (SSSR count). The van der Waals surface area contributed by atoms with Crippen molar-refractivity contribution in [3.8, 4) is 0 Å². The molecule has 0 saturated carbocycles. The minimum absolute atomic E-state index is 0.211. The highest BCUT2D eigenvalue weighted by Crippen LogP contribution is 2.22. The molecule has 0 amide bonds. The van der Waals surface area contributed by atoms with Crippen molar-refractivity contribution in [2.45, 2.75) is 26.4 Å². The van der Waals surface area contributed by atoms with E-state index in [1.165, 1.54) is 12.1 Å². The molecule has 0 atom stereocenters. The molecule has 2 N–H and O–H groups in total. The van der Waals surface area contributed by atoms with Crippen molar-refractivity contribution in [2.24, 2.45) is 0 Å². The summed E-state index contributed by atoms with van der Waals surface area (Å²) in [6.45, 7) is 8.46. The first-order chi connectivity index (χ1) is 17.0. The van der Waals surface area contributed by atoms with Crippen molar-refractivity contribution in [2.75, 3.05) is 59.8 Å². The van der Waals surface area contributed by atoms with Crippen molar-refractivity contribution in [1.29, 1.82) is 0 Å². The van der Waals surface area contributed by atoms with Crippen LogP contribution in [-0.2, 0) is 4.74 Å². The average Bonchev–Trinajstić information content (AvgIpc) is 2.85. The number of rotatable bonds is 10. The van der Waals surface area contributed by atoms with E-state index in [0.717, 1.165) is 44.0 Å². The Bertz CT molecular complexity index is 1070. The Hall–Kier alpha value is -3.17. The Morgan fingerprint density at radius 2 is 1.57 bits per heavy atom. The number of hydrogen-bond acceptors (Lipinski definition) is 8. The van der Waals surface area contributed by atoms with Gasteiger partial charge in [0.15, 0.2) is 0 Å². The third-order valence-corrected chi connectivity index (χ3v) is 5.79. The summed E-state index contributed by atoms with van der Waals surface area (Å²) in [7, 11) is 0. The average molecular weight is 500 g/mol. The van der Waals surface area contributed by atoms with E-state index in [2.05, 4.69) is 35.4 Å². The van der Waals surface area contributed by atoms with Crippen molar-refractivity contribution >= 4 is 40.8 Å². The van der Waals surface area contributed by atoms with E-state index in [1.54, 1.807) is 0 Å². The molecule has 0 spiro atoms. The van der Waals surface area contributed by atoms with Gasteiger partial charge in [0.2, 0.25) is 17.8 Å². The molecular formula is C25H31ClFN7O. The number of piperazine rings is 1. The zero-order valence-electron chi connectivity index (χ0n) is 20.0. The number of aromatic nitrogens is 3. The first kappa shape index (κ1) is 24.9. The maximum absolute atomic E-state index is 13.3. The number of anilines is 5. The molecule has 0 bridgehead atoms. The molecule has 10 heteroatoms. The summed E-state index contributed by atoms with van der Waals surface area (Å²) in [5.74, 6) is 1.35. The number of hydrogen-bond donors (Lipinski definition) is 2. The van der Waals surface area contributed by atoms with Crippen LogP contribution in [0, 0.1) is 5.82 Å². The van der Waals surface area contributed by atoms with E-state index in [4.69, 9.17) is 16.3 Å². The van der Waals surface area contributed by atoms with Crippen LogP contribution in [0.4, 0.5) is 33.6 Å². The quantitative estimate of drug-likeness (QED) is 0.379. The zero-order chi connectivity index (χ0) is 24.6. The van der Waals surface area contributed by atoms with Crippen LogP contribution in [0.5, 0.6) is 0 Å². The lowest BCUT2D eigenvalue weighted by Crippen LogP contribution is -2.47. The second-order valence-corrected chi connectivity index (χ2v) is 9.00. The molecule has 0 aliphatic carbocycles. The molecule has 1 aliphatic rings. The standard InChI is InChI=1S/C25H31ClFN7O/c1-18(2)35-17-3-12-28-23-30-24(29-21-8-4-19(26)5-9-21)32-25(31-23)34-15-13-33(14-16-34)22-10-6-20(27)7-11-22/h4-11,18H,3,12-17H2,1-2H3,(H2,28,29,30,31,32). The molecule has 35 heavy (non-hydrogen) atoms. The Kier molecular flexibility index (Phi) is 8.54. The normalized spacial score (nSPS) is 13.9. The summed E-state index contributed by atoms with van der Waals surface area (Å²) >= 11 is 6.01. The van der Waals surface area contributed by atoms with Gasteiger partial charge in [-0.15, -0.1) is 0 Å². The molecule has 3 aromatic rings. The third-order valence-electron chi connectivity index (χ3n) is 5.53. The molecule has 1 fully saturated rings. The molecule has 1 aliphatic heterocycles. The molecule has 2 heterocycles. The zero-order valence-corrected chi connectivity index (χ0v) is 20.8. The van der Waals surface area contributed by atoms with E-state index >= 15 is 0 Å². The first-order valence-electron chi connectivity index (χ1n) is 11.9. The van der Waals surface area contributed by atoms with Crippen molar-refractivity contribution in [1.82, 2.24) is 15.0 Å². The van der Waals surface area contributed by atoms with Gasteiger partial charge in [0, 0.05) is 55.7 Å². The Balaban J connectivity index is 1.45. The van der Waals surface area contributed by atoms with Crippen molar-refractivity contribution in [3.05, 3.63) is 59.4 Å². The van der Waals surface area contributed by atoms with Gasteiger partial charge in [-0.2, -0.15) is 15.0 Å². The fourth-order valence-corrected chi connectivity index (χ4v) is 3.84. The Labute approximate surface area is 210 Å². The van der Waals surface area contributed by atoms with Crippen molar-refractivity contribution in [3.63, 3.8) is 0 Å². The highest BCUT2D eigenvalue weighted by molar-refractivity contribution is 6.30. The fraction of sp³-hybridized carbons (Fsp3) is 0.400. The topological polar surface area (TPSA) is 78.4 Å². The van der Waals surface area contributed by atoms with Gasteiger partial charge in [0.1, 0.15) is 5.82 Å². The van der Waals surface area contributed by atoms with Crippen LogP contribution < -0.4 is 20.4 Å². The first-order valence-corrected chi connectivity index (χ1v) is 12.2.